The van der Waals surface area contributed by atoms with Gasteiger partial charge in [-0.25, -0.2) is 4.98 Å². The van der Waals surface area contributed by atoms with Crippen LogP contribution in [0.2, 0.25) is 0 Å². The normalized spacial score (nSPS) is 10.1. The number of benzene rings is 1. The van der Waals surface area contributed by atoms with E-state index in [1.807, 2.05) is 13.8 Å². The average molecular weight is 260 g/mol. The third-order valence-electron chi connectivity index (χ3n) is 2.41. The molecular formula is C13H12N2O2S. The number of nitrogens with zero attached hydrogens (tertiary/aromatic N) is 1. The summed E-state index contributed by atoms with van der Waals surface area (Å²) in [7, 11) is 0. The molecule has 0 aliphatic rings. The van der Waals surface area contributed by atoms with Gasteiger partial charge in [-0.2, -0.15) is 0 Å². The summed E-state index contributed by atoms with van der Waals surface area (Å²) in [6.45, 7) is 3.68. The van der Waals surface area contributed by atoms with E-state index in [0.29, 0.717) is 16.1 Å². The number of carbonyl (C=O) groups excluding carboxylic acids is 2. The number of thiazole rings is 1. The molecule has 1 aromatic carbocycles. The largest absolute Gasteiger partial charge is 0.321 e. The molecule has 0 saturated heterocycles. The minimum absolute atomic E-state index is 0.169. The fourth-order valence-electron chi connectivity index (χ4n) is 1.57. The van der Waals surface area contributed by atoms with Crippen molar-refractivity contribution >= 4 is 29.2 Å². The number of aldehydes is 1. The maximum absolute atomic E-state index is 12.0. The van der Waals surface area contributed by atoms with E-state index in [0.717, 1.165) is 17.0 Å². The lowest BCUT2D eigenvalue weighted by Gasteiger charge is -2.03. The molecule has 1 aromatic heterocycles. The van der Waals surface area contributed by atoms with Gasteiger partial charge in [0.05, 0.1) is 10.7 Å². The van der Waals surface area contributed by atoms with Crippen LogP contribution in [-0.4, -0.2) is 17.2 Å². The maximum atomic E-state index is 12.0. The number of carbonyl (C=O) groups is 2. The first-order valence-corrected chi connectivity index (χ1v) is 6.22. The zero-order chi connectivity index (χ0) is 13.1. The molecule has 4 nitrogen and oxygen atoms in total. The van der Waals surface area contributed by atoms with Crippen LogP contribution in [0.3, 0.4) is 0 Å². The van der Waals surface area contributed by atoms with Gasteiger partial charge in [-0.3, -0.25) is 9.59 Å². The van der Waals surface area contributed by atoms with Gasteiger partial charge in [0.1, 0.15) is 11.2 Å². The number of aryl methyl sites for hydroxylation is 2. The first kappa shape index (κ1) is 12.4. The molecule has 0 fully saturated rings. The van der Waals surface area contributed by atoms with Gasteiger partial charge in [-0.15, -0.1) is 11.3 Å². The van der Waals surface area contributed by atoms with Crippen LogP contribution >= 0.6 is 11.3 Å². The Balaban J connectivity index is 2.15. The van der Waals surface area contributed by atoms with Crippen molar-refractivity contribution in [1.29, 1.82) is 0 Å². The number of aromatic nitrogens is 1. The van der Waals surface area contributed by atoms with Crippen LogP contribution in [0, 0.1) is 13.8 Å². The fourth-order valence-corrected chi connectivity index (χ4v) is 2.39. The summed E-state index contributed by atoms with van der Waals surface area (Å²) in [5, 5.41) is 3.65. The van der Waals surface area contributed by atoms with Gasteiger partial charge in [0.15, 0.2) is 0 Å². The lowest BCUT2D eigenvalue weighted by molar-refractivity contribution is 0.102. The highest BCUT2D eigenvalue weighted by Crippen LogP contribution is 2.19. The number of rotatable bonds is 3. The Morgan fingerprint density at radius 3 is 2.44 bits per heavy atom. The third kappa shape index (κ3) is 2.62. The maximum Gasteiger partial charge on any atom is 0.267 e. The van der Waals surface area contributed by atoms with E-state index in [4.69, 9.17) is 0 Å². The molecule has 5 heteroatoms. The molecule has 0 saturated carbocycles. The van der Waals surface area contributed by atoms with E-state index >= 15 is 0 Å². The molecule has 92 valence electrons. The summed E-state index contributed by atoms with van der Waals surface area (Å²) in [6.07, 6.45) is 0.766. The van der Waals surface area contributed by atoms with Crippen LogP contribution in [0.25, 0.3) is 0 Å². The minimum atomic E-state index is -0.169. The molecule has 2 rings (SSSR count). The highest BCUT2D eigenvalue weighted by atomic mass is 32.1. The molecule has 0 radical (unpaired) electrons. The molecule has 1 N–H and O–H groups in total. The van der Waals surface area contributed by atoms with Crippen molar-refractivity contribution in [3.05, 3.63) is 45.4 Å². The van der Waals surface area contributed by atoms with Crippen LogP contribution in [0.15, 0.2) is 24.3 Å². The van der Waals surface area contributed by atoms with Gasteiger partial charge < -0.3 is 5.32 Å². The number of amides is 1. The summed E-state index contributed by atoms with van der Waals surface area (Å²) in [6, 6.07) is 6.72. The van der Waals surface area contributed by atoms with E-state index in [-0.39, 0.29) is 5.91 Å². The molecule has 1 amide bonds. The predicted octanol–water partition coefficient (Wildman–Crippen LogP) is 2.82. The monoisotopic (exact) mass is 260 g/mol. The van der Waals surface area contributed by atoms with Crippen molar-refractivity contribution < 1.29 is 9.59 Å². The molecule has 0 aliphatic heterocycles. The van der Waals surface area contributed by atoms with Crippen LogP contribution in [-0.2, 0) is 0 Å². The Morgan fingerprint density at radius 1 is 1.28 bits per heavy atom. The molecule has 2 aromatic rings. The van der Waals surface area contributed by atoms with Crippen LogP contribution in [0.1, 0.15) is 30.7 Å². The Kier molecular flexibility index (Phi) is 3.53. The summed E-state index contributed by atoms with van der Waals surface area (Å²) in [4.78, 5) is 27.3. The first-order chi connectivity index (χ1) is 8.60. The Bertz CT molecular complexity index is 588. The van der Waals surface area contributed by atoms with Crippen molar-refractivity contribution in [2.45, 2.75) is 13.8 Å². The molecule has 0 spiro atoms. The average Bonchev–Trinajstić information content (AvgIpc) is 2.69. The predicted molar refractivity (Wildman–Crippen MR) is 71.4 cm³/mol. The van der Waals surface area contributed by atoms with Gasteiger partial charge in [0, 0.05) is 11.3 Å². The smallest absolute Gasteiger partial charge is 0.267 e. The fraction of sp³-hybridized carbons (Fsp3) is 0.154. The van der Waals surface area contributed by atoms with Gasteiger partial charge in [0.25, 0.3) is 5.91 Å². The summed E-state index contributed by atoms with van der Waals surface area (Å²) in [5.74, 6) is -0.169. The van der Waals surface area contributed by atoms with Gasteiger partial charge in [-0.1, -0.05) is 0 Å². The van der Waals surface area contributed by atoms with E-state index in [1.54, 1.807) is 24.3 Å². The SMILES string of the molecule is Cc1nc(C)c(C(=O)Nc2ccc(C=O)cc2)s1. The second kappa shape index (κ2) is 5.10. The van der Waals surface area contributed by atoms with Crippen molar-refractivity contribution in [1.82, 2.24) is 4.98 Å². The summed E-state index contributed by atoms with van der Waals surface area (Å²) in [5.41, 5.74) is 1.98. The zero-order valence-corrected chi connectivity index (χ0v) is 10.9. The Hall–Kier alpha value is -2.01. The van der Waals surface area contributed by atoms with Gasteiger partial charge in [-0.05, 0) is 38.1 Å². The van der Waals surface area contributed by atoms with E-state index in [2.05, 4.69) is 10.3 Å². The topological polar surface area (TPSA) is 59.1 Å². The number of anilines is 1. The zero-order valence-electron chi connectivity index (χ0n) is 10.1. The third-order valence-corrected chi connectivity index (χ3v) is 3.49. The van der Waals surface area contributed by atoms with E-state index < -0.39 is 0 Å². The van der Waals surface area contributed by atoms with Gasteiger partial charge >= 0.3 is 0 Å². The van der Waals surface area contributed by atoms with Crippen LogP contribution in [0.5, 0.6) is 0 Å². The van der Waals surface area contributed by atoms with E-state index in [9.17, 15) is 9.59 Å². The van der Waals surface area contributed by atoms with Crippen molar-refractivity contribution in [3.63, 3.8) is 0 Å². The van der Waals surface area contributed by atoms with Crippen molar-refractivity contribution in [2.24, 2.45) is 0 Å². The molecule has 1 heterocycles. The molecule has 0 aliphatic carbocycles. The summed E-state index contributed by atoms with van der Waals surface area (Å²) >= 11 is 1.37. The first-order valence-electron chi connectivity index (χ1n) is 5.41. The van der Waals surface area contributed by atoms with Crippen molar-refractivity contribution in [3.8, 4) is 0 Å². The summed E-state index contributed by atoms with van der Waals surface area (Å²) < 4.78 is 0. The number of hydrogen-bond donors (Lipinski definition) is 1. The highest BCUT2D eigenvalue weighted by molar-refractivity contribution is 7.13. The minimum Gasteiger partial charge on any atom is -0.321 e. The lowest BCUT2D eigenvalue weighted by atomic mass is 10.2. The molecular weight excluding hydrogens is 248 g/mol. The molecule has 18 heavy (non-hydrogen) atoms. The second-order valence-electron chi connectivity index (χ2n) is 3.84. The van der Waals surface area contributed by atoms with Crippen LogP contribution < -0.4 is 5.32 Å². The van der Waals surface area contributed by atoms with Crippen LogP contribution in [0.4, 0.5) is 5.69 Å². The molecule has 0 atom stereocenters. The Labute approximate surface area is 109 Å². The van der Waals surface area contributed by atoms with Gasteiger partial charge in [0.2, 0.25) is 0 Å². The highest BCUT2D eigenvalue weighted by Gasteiger charge is 2.13. The lowest BCUT2D eigenvalue weighted by Crippen LogP contribution is -2.11. The Morgan fingerprint density at radius 2 is 1.94 bits per heavy atom. The molecule has 0 unspecified atom stereocenters. The number of hydrogen-bond acceptors (Lipinski definition) is 4. The second-order valence-corrected chi connectivity index (χ2v) is 5.04. The quantitative estimate of drug-likeness (QED) is 0.863. The van der Waals surface area contributed by atoms with E-state index in [1.165, 1.54) is 11.3 Å². The van der Waals surface area contributed by atoms with Crippen molar-refractivity contribution in [2.75, 3.05) is 5.32 Å². The standard InChI is InChI=1S/C13H12N2O2S/c1-8-12(18-9(2)14-8)13(17)15-11-5-3-10(7-16)4-6-11/h3-7H,1-2H3,(H,15,17). The number of nitrogens with one attached hydrogen (secondary N) is 1. The molecule has 0 bridgehead atoms.